The Morgan fingerprint density at radius 3 is 2.48 bits per heavy atom. The lowest BCUT2D eigenvalue weighted by molar-refractivity contribution is 0.698. The molecule has 7 heteroatoms. The molecule has 0 aliphatic rings. The van der Waals surface area contributed by atoms with Crippen molar-refractivity contribution in [2.75, 3.05) is 0 Å². The second kappa shape index (κ2) is 6.84. The van der Waals surface area contributed by atoms with Crippen LogP contribution in [0.3, 0.4) is 0 Å². The Kier molecular flexibility index (Phi) is 4.76. The van der Waals surface area contributed by atoms with E-state index >= 15 is 0 Å². The average Bonchev–Trinajstić information content (AvgIpc) is 2.63. The number of rotatable bonds is 4. The minimum absolute atomic E-state index is 0.354. The Hall–Kier alpha value is -2.41. The predicted octanol–water partition coefficient (Wildman–Crippen LogP) is 2.19. The van der Waals surface area contributed by atoms with E-state index in [9.17, 15) is 9.59 Å². The average molecular weight is 356 g/mol. The summed E-state index contributed by atoms with van der Waals surface area (Å²) >= 11 is 1.50. The molecule has 0 saturated carbocycles. The van der Waals surface area contributed by atoms with Gasteiger partial charge in [-0.25, -0.2) is 14.8 Å². The minimum Gasteiger partial charge on any atom is -0.280 e. The van der Waals surface area contributed by atoms with E-state index in [2.05, 4.69) is 29.0 Å². The van der Waals surface area contributed by atoms with Crippen LogP contribution in [0.5, 0.6) is 0 Å². The number of thioether (sulfide) groups is 1. The van der Waals surface area contributed by atoms with Gasteiger partial charge in [0, 0.05) is 26.3 Å². The second-order valence-electron chi connectivity index (χ2n) is 5.92. The highest BCUT2D eigenvalue weighted by Crippen LogP contribution is 2.26. The van der Waals surface area contributed by atoms with E-state index in [-0.39, 0.29) is 11.2 Å². The lowest BCUT2D eigenvalue weighted by Crippen LogP contribution is -2.37. The van der Waals surface area contributed by atoms with E-state index in [1.165, 1.54) is 34.5 Å². The van der Waals surface area contributed by atoms with E-state index in [4.69, 9.17) is 0 Å². The molecule has 2 aromatic heterocycles. The topological polar surface area (TPSA) is 69.8 Å². The number of hydrogen-bond donors (Lipinski definition) is 0. The molecule has 2 heterocycles. The first kappa shape index (κ1) is 17.4. The summed E-state index contributed by atoms with van der Waals surface area (Å²) in [5.74, 6) is 1.33. The highest BCUT2D eigenvalue weighted by molar-refractivity contribution is 7.98. The molecular weight excluding hydrogens is 336 g/mol. The van der Waals surface area contributed by atoms with Crippen molar-refractivity contribution in [2.45, 2.75) is 31.0 Å². The summed E-state index contributed by atoms with van der Waals surface area (Å²) in [6.45, 7) is 4.02. The van der Waals surface area contributed by atoms with Gasteiger partial charge in [0.05, 0.1) is 0 Å². The van der Waals surface area contributed by atoms with Crippen LogP contribution < -0.4 is 11.2 Å². The van der Waals surface area contributed by atoms with Crippen LogP contribution >= 0.6 is 11.8 Å². The molecule has 0 spiro atoms. The Balaban J connectivity index is 2.18. The van der Waals surface area contributed by atoms with Gasteiger partial charge in [-0.05, 0) is 18.1 Å². The molecule has 1 aromatic carbocycles. The SMILES string of the molecule is CCc1nc(SCc2ccccc2C)c2c(=O)n(C)c(=O)n(C)c2n1. The van der Waals surface area contributed by atoms with E-state index in [1.54, 1.807) is 7.05 Å². The number of nitrogens with zero attached hydrogens (tertiary/aromatic N) is 4. The number of aryl methyl sites for hydroxylation is 3. The molecule has 0 N–H and O–H groups in total. The molecule has 3 aromatic rings. The molecule has 6 nitrogen and oxygen atoms in total. The summed E-state index contributed by atoms with van der Waals surface area (Å²) in [6.07, 6.45) is 0.636. The summed E-state index contributed by atoms with van der Waals surface area (Å²) in [4.78, 5) is 33.8. The highest BCUT2D eigenvalue weighted by atomic mass is 32.2. The summed E-state index contributed by atoms with van der Waals surface area (Å²) in [7, 11) is 3.11. The summed E-state index contributed by atoms with van der Waals surface area (Å²) in [6, 6.07) is 8.14. The molecule has 0 fully saturated rings. The van der Waals surface area contributed by atoms with Crippen molar-refractivity contribution in [1.29, 1.82) is 0 Å². The van der Waals surface area contributed by atoms with Gasteiger partial charge < -0.3 is 0 Å². The number of hydrogen-bond acceptors (Lipinski definition) is 5. The quantitative estimate of drug-likeness (QED) is 0.529. The zero-order chi connectivity index (χ0) is 18.1. The molecule has 0 bridgehead atoms. The molecule has 25 heavy (non-hydrogen) atoms. The third kappa shape index (κ3) is 3.11. The fourth-order valence-electron chi connectivity index (χ4n) is 2.65. The van der Waals surface area contributed by atoms with E-state index in [0.29, 0.717) is 34.1 Å². The lowest BCUT2D eigenvalue weighted by Gasteiger charge is -2.12. The molecule has 0 unspecified atom stereocenters. The van der Waals surface area contributed by atoms with Crippen molar-refractivity contribution in [1.82, 2.24) is 19.1 Å². The summed E-state index contributed by atoms with van der Waals surface area (Å²) < 4.78 is 2.52. The first-order valence-corrected chi connectivity index (χ1v) is 9.06. The summed E-state index contributed by atoms with van der Waals surface area (Å²) in [5.41, 5.74) is 2.05. The van der Waals surface area contributed by atoms with Crippen molar-refractivity contribution in [3.63, 3.8) is 0 Å². The highest BCUT2D eigenvalue weighted by Gasteiger charge is 2.17. The Morgan fingerprint density at radius 2 is 1.80 bits per heavy atom. The van der Waals surface area contributed by atoms with E-state index < -0.39 is 0 Å². The number of fused-ring (bicyclic) bond motifs is 1. The molecule has 0 radical (unpaired) electrons. The van der Waals surface area contributed by atoms with Crippen LogP contribution in [-0.4, -0.2) is 19.1 Å². The van der Waals surface area contributed by atoms with Crippen LogP contribution in [0, 0.1) is 6.92 Å². The molecule has 0 aliphatic heterocycles. The van der Waals surface area contributed by atoms with Gasteiger partial charge in [0.25, 0.3) is 5.56 Å². The van der Waals surface area contributed by atoms with Gasteiger partial charge in [-0.1, -0.05) is 31.2 Å². The standard InChI is InChI=1S/C18H20N4O2S/c1-5-13-19-15-14(17(23)22(4)18(24)21(15)3)16(20-13)25-10-12-9-7-6-8-11(12)2/h6-9H,5,10H2,1-4H3. The minimum atomic E-state index is -0.381. The van der Waals surface area contributed by atoms with Gasteiger partial charge in [0.15, 0.2) is 5.65 Å². The fraction of sp³-hybridized carbons (Fsp3) is 0.333. The van der Waals surface area contributed by atoms with Gasteiger partial charge in [0.1, 0.15) is 16.2 Å². The predicted molar refractivity (Wildman–Crippen MR) is 100 cm³/mol. The Labute approximate surface area is 149 Å². The van der Waals surface area contributed by atoms with Crippen LogP contribution in [0.1, 0.15) is 23.9 Å². The lowest BCUT2D eigenvalue weighted by atomic mass is 10.1. The molecule has 130 valence electrons. The van der Waals surface area contributed by atoms with Gasteiger partial charge >= 0.3 is 5.69 Å². The van der Waals surface area contributed by atoms with Gasteiger partial charge in [-0.2, -0.15) is 0 Å². The maximum atomic E-state index is 12.7. The molecule has 0 amide bonds. The van der Waals surface area contributed by atoms with Gasteiger partial charge in [-0.3, -0.25) is 13.9 Å². The molecule has 0 aliphatic carbocycles. The largest absolute Gasteiger partial charge is 0.332 e. The fourth-order valence-corrected chi connectivity index (χ4v) is 3.76. The molecule has 0 saturated heterocycles. The second-order valence-corrected chi connectivity index (χ2v) is 6.88. The van der Waals surface area contributed by atoms with Crippen molar-refractivity contribution >= 4 is 22.8 Å². The normalized spacial score (nSPS) is 11.2. The van der Waals surface area contributed by atoms with Gasteiger partial charge in [0.2, 0.25) is 0 Å². The number of aromatic nitrogens is 4. The summed E-state index contributed by atoms with van der Waals surface area (Å²) in [5, 5.41) is 1.03. The van der Waals surface area contributed by atoms with Crippen LogP contribution in [0.4, 0.5) is 0 Å². The van der Waals surface area contributed by atoms with Crippen LogP contribution in [-0.2, 0) is 26.3 Å². The van der Waals surface area contributed by atoms with Crippen LogP contribution in [0.2, 0.25) is 0 Å². The maximum Gasteiger partial charge on any atom is 0.332 e. The van der Waals surface area contributed by atoms with Crippen LogP contribution in [0.15, 0.2) is 38.9 Å². The third-order valence-electron chi connectivity index (χ3n) is 4.25. The van der Waals surface area contributed by atoms with Crippen molar-refractivity contribution in [3.8, 4) is 0 Å². The van der Waals surface area contributed by atoms with E-state index in [1.807, 2.05) is 19.1 Å². The zero-order valence-corrected chi connectivity index (χ0v) is 15.6. The molecule has 0 atom stereocenters. The van der Waals surface area contributed by atoms with Crippen LogP contribution in [0.25, 0.3) is 11.0 Å². The molecular formula is C18H20N4O2S. The smallest absolute Gasteiger partial charge is 0.280 e. The van der Waals surface area contributed by atoms with Crippen molar-refractivity contribution in [2.24, 2.45) is 14.1 Å². The maximum absolute atomic E-state index is 12.7. The first-order valence-electron chi connectivity index (χ1n) is 8.08. The molecule has 3 rings (SSSR count). The Morgan fingerprint density at radius 1 is 1.08 bits per heavy atom. The van der Waals surface area contributed by atoms with Crippen molar-refractivity contribution < 1.29 is 0 Å². The zero-order valence-electron chi connectivity index (χ0n) is 14.7. The van der Waals surface area contributed by atoms with Gasteiger partial charge in [-0.15, -0.1) is 11.8 Å². The number of benzene rings is 1. The third-order valence-corrected chi connectivity index (χ3v) is 5.28. The Bertz CT molecular complexity index is 1070. The monoisotopic (exact) mass is 356 g/mol. The first-order chi connectivity index (χ1) is 11.9. The van der Waals surface area contributed by atoms with E-state index in [0.717, 1.165) is 4.57 Å². The van der Waals surface area contributed by atoms with Crippen molar-refractivity contribution in [3.05, 3.63) is 62.1 Å².